The highest BCUT2D eigenvalue weighted by Gasteiger charge is 2.05. The molecule has 5 heteroatoms. The fourth-order valence-electron chi connectivity index (χ4n) is 1.46. The van der Waals surface area contributed by atoms with Crippen LogP contribution in [0, 0.1) is 0 Å². The minimum absolute atomic E-state index is 0.445. The number of ether oxygens (including phenoxy) is 2. The van der Waals surface area contributed by atoms with E-state index in [0.29, 0.717) is 23.7 Å². The molecule has 0 aliphatic carbocycles. The van der Waals surface area contributed by atoms with E-state index in [1.54, 1.807) is 18.2 Å². The first-order valence-electron chi connectivity index (χ1n) is 5.23. The van der Waals surface area contributed by atoms with Gasteiger partial charge >= 0.3 is 0 Å². The lowest BCUT2D eigenvalue weighted by Gasteiger charge is -2.08. The van der Waals surface area contributed by atoms with Crippen LogP contribution < -0.4 is 9.47 Å². The molecule has 2 rings (SSSR count). The van der Waals surface area contributed by atoms with Crippen molar-refractivity contribution in [1.29, 1.82) is 0 Å². The zero-order chi connectivity index (χ0) is 13.0. The summed E-state index contributed by atoms with van der Waals surface area (Å²) in [5.41, 5.74) is 0.504. The minimum Gasteiger partial charge on any atom is -0.496 e. The van der Waals surface area contributed by atoms with Crippen molar-refractivity contribution in [2.45, 2.75) is 6.61 Å². The highest BCUT2D eigenvalue weighted by atomic mass is 35.5. The molecule has 0 amide bonds. The largest absolute Gasteiger partial charge is 0.496 e. The maximum absolute atomic E-state index is 10.7. The highest BCUT2D eigenvalue weighted by molar-refractivity contribution is 7.16. The third-order valence-corrected chi connectivity index (χ3v) is 3.55. The number of carbonyl (C=O) groups is 1. The Bertz CT molecular complexity index is 551. The predicted octanol–water partition coefficient (Wildman–Crippen LogP) is 3.80. The van der Waals surface area contributed by atoms with Gasteiger partial charge in [0.25, 0.3) is 0 Å². The molecule has 18 heavy (non-hydrogen) atoms. The van der Waals surface area contributed by atoms with E-state index in [1.807, 2.05) is 12.1 Å². The summed E-state index contributed by atoms with van der Waals surface area (Å²) in [5, 5.41) is 0. The number of benzene rings is 1. The summed E-state index contributed by atoms with van der Waals surface area (Å²) in [6, 6.07) is 8.86. The molecule has 0 aliphatic heterocycles. The van der Waals surface area contributed by atoms with Crippen molar-refractivity contribution in [3.8, 4) is 11.5 Å². The second kappa shape index (κ2) is 5.89. The van der Waals surface area contributed by atoms with E-state index in [1.165, 1.54) is 18.4 Å². The number of carbonyl (C=O) groups excluding carboxylic acids is 1. The second-order valence-corrected chi connectivity index (χ2v) is 5.32. The number of hydrogen-bond donors (Lipinski definition) is 0. The Kier molecular flexibility index (Phi) is 4.23. The molecular formula is C13H11ClO3S. The molecule has 0 fully saturated rings. The van der Waals surface area contributed by atoms with Gasteiger partial charge in [0.1, 0.15) is 18.1 Å². The van der Waals surface area contributed by atoms with Crippen LogP contribution in [0.25, 0.3) is 0 Å². The average molecular weight is 283 g/mol. The number of rotatable bonds is 5. The van der Waals surface area contributed by atoms with Gasteiger partial charge in [-0.25, -0.2) is 0 Å². The summed E-state index contributed by atoms with van der Waals surface area (Å²) in [4.78, 5) is 11.8. The summed E-state index contributed by atoms with van der Waals surface area (Å²) >= 11 is 7.31. The van der Waals surface area contributed by atoms with Gasteiger partial charge in [-0.15, -0.1) is 11.3 Å². The van der Waals surface area contributed by atoms with Crippen LogP contribution in [0.4, 0.5) is 0 Å². The lowest BCUT2D eigenvalue weighted by Crippen LogP contribution is -1.95. The van der Waals surface area contributed by atoms with Gasteiger partial charge in [-0.05, 0) is 24.3 Å². The molecule has 1 heterocycles. The number of hydrogen-bond acceptors (Lipinski definition) is 4. The quantitative estimate of drug-likeness (QED) is 0.783. The number of aldehydes is 1. The molecule has 0 saturated heterocycles. The van der Waals surface area contributed by atoms with E-state index >= 15 is 0 Å². The van der Waals surface area contributed by atoms with Crippen LogP contribution in [0.15, 0.2) is 30.3 Å². The monoisotopic (exact) mass is 282 g/mol. The highest BCUT2D eigenvalue weighted by Crippen LogP contribution is 2.26. The summed E-state index contributed by atoms with van der Waals surface area (Å²) in [6.45, 7) is 0.445. The fourth-order valence-corrected chi connectivity index (χ4v) is 2.46. The molecule has 0 radical (unpaired) electrons. The maximum atomic E-state index is 10.7. The third-order valence-electron chi connectivity index (χ3n) is 2.34. The zero-order valence-electron chi connectivity index (χ0n) is 9.68. The Morgan fingerprint density at radius 2 is 2.17 bits per heavy atom. The van der Waals surface area contributed by atoms with E-state index in [0.717, 1.165) is 15.5 Å². The van der Waals surface area contributed by atoms with Gasteiger partial charge in [-0.3, -0.25) is 4.79 Å². The van der Waals surface area contributed by atoms with Gasteiger partial charge in [-0.2, -0.15) is 0 Å². The first kappa shape index (κ1) is 12.9. The van der Waals surface area contributed by atoms with E-state index in [-0.39, 0.29) is 0 Å². The molecule has 0 unspecified atom stereocenters. The van der Waals surface area contributed by atoms with Crippen LogP contribution in [0.1, 0.15) is 15.2 Å². The summed E-state index contributed by atoms with van der Waals surface area (Å²) in [6.07, 6.45) is 0.752. The molecule has 0 N–H and O–H groups in total. The van der Waals surface area contributed by atoms with Gasteiger partial charge in [0, 0.05) is 10.9 Å². The Balaban J connectivity index is 2.07. The minimum atomic E-state index is 0.445. The SMILES string of the molecule is COc1cc(OCc2ccc(Cl)s2)ccc1C=O. The fraction of sp³-hybridized carbons (Fsp3) is 0.154. The van der Waals surface area contributed by atoms with Crippen molar-refractivity contribution in [2.75, 3.05) is 7.11 Å². The third kappa shape index (κ3) is 3.03. The molecule has 0 aliphatic rings. The first-order chi connectivity index (χ1) is 8.72. The maximum Gasteiger partial charge on any atom is 0.153 e. The molecule has 94 valence electrons. The van der Waals surface area contributed by atoms with Crippen molar-refractivity contribution in [3.63, 3.8) is 0 Å². The zero-order valence-corrected chi connectivity index (χ0v) is 11.3. The Morgan fingerprint density at radius 1 is 1.33 bits per heavy atom. The van der Waals surface area contributed by atoms with Gasteiger partial charge in [-0.1, -0.05) is 11.6 Å². The first-order valence-corrected chi connectivity index (χ1v) is 6.42. The van der Waals surface area contributed by atoms with Crippen LogP contribution in [0.2, 0.25) is 4.34 Å². The van der Waals surface area contributed by atoms with Crippen molar-refractivity contribution >= 4 is 29.2 Å². The second-order valence-electron chi connectivity index (χ2n) is 3.52. The Morgan fingerprint density at radius 3 is 2.78 bits per heavy atom. The van der Waals surface area contributed by atoms with Crippen LogP contribution in [0.5, 0.6) is 11.5 Å². The number of halogens is 1. The molecule has 0 saturated carbocycles. The Labute approximate surface area is 114 Å². The summed E-state index contributed by atoms with van der Waals surface area (Å²) < 4.78 is 11.4. The normalized spacial score (nSPS) is 10.1. The number of thiophene rings is 1. The molecule has 0 atom stereocenters. The number of methoxy groups -OCH3 is 1. The lowest BCUT2D eigenvalue weighted by atomic mass is 10.2. The van der Waals surface area contributed by atoms with Gasteiger partial charge < -0.3 is 9.47 Å². The smallest absolute Gasteiger partial charge is 0.153 e. The lowest BCUT2D eigenvalue weighted by molar-refractivity contribution is 0.112. The van der Waals surface area contributed by atoms with Gasteiger partial charge in [0.05, 0.1) is 17.0 Å². The molecule has 0 bridgehead atoms. The molecule has 3 nitrogen and oxygen atoms in total. The van der Waals surface area contributed by atoms with E-state index in [2.05, 4.69) is 0 Å². The topological polar surface area (TPSA) is 35.5 Å². The van der Waals surface area contributed by atoms with Gasteiger partial charge in [0.15, 0.2) is 6.29 Å². The Hall–Kier alpha value is -1.52. The van der Waals surface area contributed by atoms with Crippen molar-refractivity contribution < 1.29 is 14.3 Å². The van der Waals surface area contributed by atoms with Crippen molar-refractivity contribution in [1.82, 2.24) is 0 Å². The van der Waals surface area contributed by atoms with Crippen LogP contribution in [-0.4, -0.2) is 13.4 Å². The van der Waals surface area contributed by atoms with Crippen LogP contribution >= 0.6 is 22.9 Å². The molecule has 2 aromatic rings. The van der Waals surface area contributed by atoms with E-state index in [4.69, 9.17) is 21.1 Å². The molecule has 0 spiro atoms. The van der Waals surface area contributed by atoms with Crippen LogP contribution in [-0.2, 0) is 6.61 Å². The van der Waals surface area contributed by atoms with Crippen molar-refractivity contribution in [2.24, 2.45) is 0 Å². The summed E-state index contributed by atoms with van der Waals surface area (Å²) in [5.74, 6) is 1.16. The van der Waals surface area contributed by atoms with Crippen molar-refractivity contribution in [3.05, 3.63) is 45.1 Å². The summed E-state index contributed by atoms with van der Waals surface area (Å²) in [7, 11) is 1.52. The molecule has 1 aromatic carbocycles. The van der Waals surface area contributed by atoms with E-state index < -0.39 is 0 Å². The molecular weight excluding hydrogens is 272 g/mol. The predicted molar refractivity (Wildman–Crippen MR) is 72.0 cm³/mol. The molecule has 1 aromatic heterocycles. The van der Waals surface area contributed by atoms with Crippen LogP contribution in [0.3, 0.4) is 0 Å². The van der Waals surface area contributed by atoms with E-state index in [9.17, 15) is 4.79 Å². The standard InChI is InChI=1S/C13H11ClO3S/c1-16-12-6-10(3-2-9(12)7-15)17-8-11-4-5-13(14)18-11/h2-7H,8H2,1H3. The average Bonchev–Trinajstić information content (AvgIpc) is 2.81. The van der Waals surface area contributed by atoms with Gasteiger partial charge in [0.2, 0.25) is 0 Å².